The van der Waals surface area contributed by atoms with Crippen molar-refractivity contribution >= 4 is 78.5 Å². The minimum Gasteiger partial charge on any atom is -0.465 e. The maximum absolute atomic E-state index is 13.7. The second-order valence-corrected chi connectivity index (χ2v) is 16.2. The number of methoxy groups -OCH3 is 1. The largest absolute Gasteiger partial charge is 0.465 e. The van der Waals surface area contributed by atoms with E-state index in [1.807, 2.05) is 58.0 Å². The number of imidazole rings is 2. The Morgan fingerprint density at radius 3 is 2.07 bits per heavy atom. The van der Waals surface area contributed by atoms with E-state index in [1.165, 1.54) is 7.11 Å². The number of aromatic nitrogens is 6. The van der Waals surface area contributed by atoms with Gasteiger partial charge in [-0.3, -0.25) is 14.6 Å². The number of carbonyl (C=O) groups excluding carboxylic acids is 3. The van der Waals surface area contributed by atoms with Crippen LogP contribution >= 0.6 is 11.3 Å². The van der Waals surface area contributed by atoms with Crippen LogP contribution in [0.25, 0.3) is 53.8 Å². The molecule has 4 aromatic heterocycles. The van der Waals surface area contributed by atoms with Crippen LogP contribution in [-0.4, -0.2) is 101 Å². The van der Waals surface area contributed by atoms with Crippen LogP contribution in [0.4, 0.5) is 9.59 Å². The Hall–Kier alpha value is -5.84. The molecular weight excluding hydrogens is 737 g/mol. The second-order valence-electron chi connectivity index (χ2n) is 15.2. The van der Waals surface area contributed by atoms with Crippen molar-refractivity contribution in [3.63, 3.8) is 0 Å². The van der Waals surface area contributed by atoms with E-state index in [0.29, 0.717) is 31.2 Å². The van der Waals surface area contributed by atoms with Gasteiger partial charge in [0.2, 0.25) is 11.8 Å². The number of thiazole rings is 1. The zero-order valence-electron chi connectivity index (χ0n) is 31.8. The fourth-order valence-electron chi connectivity index (χ4n) is 8.06. The molecule has 0 saturated carbocycles. The molecule has 17 heteroatoms. The van der Waals surface area contributed by atoms with E-state index in [4.69, 9.17) is 24.7 Å². The van der Waals surface area contributed by atoms with E-state index in [2.05, 4.69) is 20.6 Å². The molecule has 4 amide bonds. The van der Waals surface area contributed by atoms with Crippen LogP contribution in [-0.2, 0) is 14.3 Å². The van der Waals surface area contributed by atoms with Gasteiger partial charge in [0.05, 0.1) is 57.7 Å². The molecule has 6 aromatic rings. The van der Waals surface area contributed by atoms with Gasteiger partial charge in [0.1, 0.15) is 34.3 Å². The van der Waals surface area contributed by atoms with Crippen molar-refractivity contribution in [1.82, 2.24) is 50.3 Å². The van der Waals surface area contributed by atoms with Crippen LogP contribution in [0.15, 0.2) is 36.5 Å². The van der Waals surface area contributed by atoms with Gasteiger partial charge >= 0.3 is 12.2 Å². The minimum atomic E-state index is -1.23. The maximum atomic E-state index is 13.7. The molecule has 2 fully saturated rings. The first kappa shape index (κ1) is 37.1. The number of aromatic amines is 2. The van der Waals surface area contributed by atoms with Crippen molar-refractivity contribution in [3.05, 3.63) is 48.2 Å². The lowest BCUT2D eigenvalue weighted by molar-refractivity contribution is -0.136. The normalized spacial score (nSPS) is 18.5. The molecule has 0 bridgehead atoms. The van der Waals surface area contributed by atoms with Gasteiger partial charge in [-0.05, 0) is 61.8 Å². The number of pyridine rings is 1. The Bertz CT molecular complexity index is 2510. The topological polar surface area (TPSA) is 211 Å². The summed E-state index contributed by atoms with van der Waals surface area (Å²) >= 11 is 1.54. The highest BCUT2D eigenvalue weighted by Gasteiger charge is 2.39. The van der Waals surface area contributed by atoms with E-state index in [-0.39, 0.29) is 35.7 Å². The smallest absolute Gasteiger partial charge is 0.407 e. The van der Waals surface area contributed by atoms with Gasteiger partial charge in [-0.2, -0.15) is 0 Å². The van der Waals surface area contributed by atoms with E-state index >= 15 is 0 Å². The zero-order valence-corrected chi connectivity index (χ0v) is 32.6. The third kappa shape index (κ3) is 6.62. The summed E-state index contributed by atoms with van der Waals surface area (Å²) < 4.78 is 5.71. The quantitative estimate of drug-likeness (QED) is 0.111. The first-order chi connectivity index (χ1) is 26.9. The molecule has 0 unspecified atom stereocenters. The summed E-state index contributed by atoms with van der Waals surface area (Å²) in [7, 11) is 1.28. The zero-order chi connectivity index (χ0) is 39.4. The van der Waals surface area contributed by atoms with Crippen LogP contribution in [0.3, 0.4) is 0 Å². The standard InChI is InChI=1S/C39H44N10O6S/c1-18(2)28(46-38(52)53)36(50)48-14-7-9-27(48)34-42-25-17-40-24-16-20(10-11-21(24)30(25)44-34)35-43-23-13-12-22-31(32(23)56-35)45-33(41-22)26-8-6-15-49(26)37(51)29(19(3)4)47-39(54)55-5/h10-13,16-19,26-29,46H,6-9,14-15H2,1-5H3,(H,41,45)(H,42,44)(H,47,54)(H,52,53)/t26-,27-,28-,29-/m0/s1. The van der Waals surface area contributed by atoms with Crippen LogP contribution in [0.5, 0.6) is 0 Å². The molecule has 2 aromatic carbocycles. The number of alkyl carbamates (subject to hydrolysis) is 1. The lowest BCUT2D eigenvalue weighted by atomic mass is 10.0. The maximum Gasteiger partial charge on any atom is 0.407 e. The Morgan fingerprint density at radius 2 is 1.45 bits per heavy atom. The molecule has 0 aliphatic carbocycles. The number of benzene rings is 2. The van der Waals surface area contributed by atoms with Gasteiger partial charge in [0, 0.05) is 24.0 Å². The Kier molecular flexibility index (Phi) is 9.72. The first-order valence-corrected chi connectivity index (χ1v) is 19.8. The Morgan fingerprint density at radius 1 is 0.821 bits per heavy atom. The monoisotopic (exact) mass is 780 g/mol. The van der Waals surface area contributed by atoms with Crippen molar-refractivity contribution in [3.8, 4) is 10.6 Å². The lowest BCUT2D eigenvalue weighted by Crippen LogP contribution is -2.51. The molecule has 6 heterocycles. The number of likely N-dealkylation sites (tertiary alicyclic amines) is 2. The van der Waals surface area contributed by atoms with Gasteiger partial charge < -0.3 is 40.2 Å². The fraction of sp³-hybridized carbons (Fsp3) is 0.436. The number of fused-ring (bicyclic) bond motifs is 6. The van der Waals surface area contributed by atoms with Gasteiger partial charge in [-0.25, -0.2) is 24.5 Å². The summed E-state index contributed by atoms with van der Waals surface area (Å²) in [6, 6.07) is 7.81. The highest BCUT2D eigenvalue weighted by atomic mass is 32.1. The predicted octanol–water partition coefficient (Wildman–Crippen LogP) is 6.26. The minimum absolute atomic E-state index is 0.129. The van der Waals surface area contributed by atoms with Crippen molar-refractivity contribution in [1.29, 1.82) is 0 Å². The number of amides is 4. The second kappa shape index (κ2) is 14.7. The average Bonchev–Trinajstić information content (AvgIpc) is 4.02. The SMILES string of the molecule is COC(=O)N[C@H](C(=O)N1CCC[C@H]1c1nc2c(ccc3nc(-c4ccc5c(c4)ncc4[nH]c([C@@H]6CCCN6C(=O)[C@@H](NC(=O)O)C(C)C)nc45)sc32)[nH]1)C(C)C. The van der Waals surface area contributed by atoms with Gasteiger partial charge in [0.25, 0.3) is 0 Å². The number of ether oxygens (including phenoxy) is 1. The first-order valence-electron chi connectivity index (χ1n) is 18.9. The summed E-state index contributed by atoms with van der Waals surface area (Å²) in [5, 5.41) is 16.1. The number of nitrogens with one attached hydrogen (secondary N) is 4. The number of rotatable bonds is 9. The number of nitrogens with zero attached hydrogens (tertiary/aromatic N) is 6. The van der Waals surface area contributed by atoms with E-state index < -0.39 is 24.3 Å². The molecule has 292 valence electrons. The number of carboxylic acid groups (broad SMARTS) is 1. The Balaban J connectivity index is 1.07. The summed E-state index contributed by atoms with van der Waals surface area (Å²) in [6.07, 6.45) is 2.96. The Labute approximate surface area is 325 Å². The molecule has 2 aliphatic heterocycles. The summed E-state index contributed by atoms with van der Waals surface area (Å²) in [5.41, 5.74) is 5.60. The highest BCUT2D eigenvalue weighted by molar-refractivity contribution is 7.22. The van der Waals surface area contributed by atoms with Crippen LogP contribution in [0.2, 0.25) is 0 Å². The molecule has 8 rings (SSSR count). The number of hydrogen-bond donors (Lipinski definition) is 5. The van der Waals surface area contributed by atoms with Crippen molar-refractivity contribution in [2.24, 2.45) is 11.8 Å². The molecule has 2 aliphatic rings. The molecule has 56 heavy (non-hydrogen) atoms. The van der Waals surface area contributed by atoms with Crippen LogP contribution in [0.1, 0.15) is 77.1 Å². The number of carbonyl (C=O) groups is 4. The summed E-state index contributed by atoms with van der Waals surface area (Å²) in [4.78, 5) is 80.9. The van der Waals surface area contributed by atoms with Gasteiger partial charge in [0.15, 0.2) is 0 Å². The third-order valence-electron chi connectivity index (χ3n) is 10.9. The molecule has 0 spiro atoms. The summed E-state index contributed by atoms with van der Waals surface area (Å²) in [5.74, 6) is 0.602. The van der Waals surface area contributed by atoms with Crippen LogP contribution < -0.4 is 10.6 Å². The molecule has 5 N–H and O–H groups in total. The van der Waals surface area contributed by atoms with Crippen molar-refractivity contribution in [2.75, 3.05) is 20.2 Å². The highest BCUT2D eigenvalue weighted by Crippen LogP contribution is 2.39. The molecular formula is C39H44N10O6S. The number of H-pyrrole nitrogens is 2. The predicted molar refractivity (Wildman–Crippen MR) is 211 cm³/mol. The van der Waals surface area contributed by atoms with Gasteiger partial charge in [-0.1, -0.05) is 33.8 Å². The van der Waals surface area contributed by atoms with E-state index in [9.17, 15) is 24.3 Å². The fourth-order valence-corrected chi connectivity index (χ4v) is 9.11. The lowest BCUT2D eigenvalue weighted by Gasteiger charge is -2.29. The van der Waals surface area contributed by atoms with Gasteiger partial charge in [-0.15, -0.1) is 11.3 Å². The third-order valence-corrected chi connectivity index (χ3v) is 12.0. The molecule has 2 saturated heterocycles. The van der Waals surface area contributed by atoms with E-state index in [1.54, 1.807) is 27.3 Å². The van der Waals surface area contributed by atoms with Crippen LogP contribution in [0, 0.1) is 11.8 Å². The molecule has 16 nitrogen and oxygen atoms in total. The molecule has 0 radical (unpaired) electrons. The van der Waals surface area contributed by atoms with Crippen molar-refractivity contribution in [2.45, 2.75) is 77.5 Å². The van der Waals surface area contributed by atoms with Crippen molar-refractivity contribution < 1.29 is 29.0 Å². The number of hydrogen-bond acceptors (Lipinski definition) is 10. The molecule has 4 atom stereocenters. The van der Waals surface area contributed by atoms with E-state index in [0.717, 1.165) is 73.0 Å². The summed E-state index contributed by atoms with van der Waals surface area (Å²) in [6.45, 7) is 8.53. The average molecular weight is 781 g/mol.